The Morgan fingerprint density at radius 2 is 1.88 bits per heavy atom. The van der Waals surface area contributed by atoms with Crippen molar-refractivity contribution in [2.45, 2.75) is 6.92 Å². The molecule has 0 heterocycles. The molecule has 2 heteroatoms. The molecular weight excluding hydrogens is 200 g/mol. The Balaban J connectivity index is 2.22. The molecule has 16 heavy (non-hydrogen) atoms. The molecule has 0 spiro atoms. The highest BCUT2D eigenvalue weighted by Gasteiger charge is 2.01. The molecule has 0 saturated carbocycles. The molecule has 2 nitrogen and oxygen atoms in total. The highest BCUT2D eigenvalue weighted by Crippen LogP contribution is 2.21. The molecule has 0 unspecified atom stereocenters. The maximum atomic E-state index is 11.2. The standard InChI is InChI=1S/C14H11O2/c1-11(15)12-6-5-9-14(10-12)16-13-7-3-2-4-8-13/h3-10H,1H3. The van der Waals surface area contributed by atoms with Crippen LogP contribution >= 0.6 is 0 Å². The van der Waals surface area contributed by atoms with Crippen LogP contribution < -0.4 is 4.74 Å². The van der Waals surface area contributed by atoms with Crippen LogP contribution in [0.25, 0.3) is 0 Å². The molecule has 2 aromatic rings. The van der Waals surface area contributed by atoms with Crippen molar-refractivity contribution in [2.24, 2.45) is 0 Å². The number of hydrogen-bond donors (Lipinski definition) is 0. The second-order valence-corrected chi connectivity index (χ2v) is 3.42. The Kier molecular flexibility index (Phi) is 3.01. The Bertz CT molecular complexity index is 489. The van der Waals surface area contributed by atoms with Gasteiger partial charge in [0.15, 0.2) is 5.78 Å². The lowest BCUT2D eigenvalue weighted by Gasteiger charge is -2.05. The van der Waals surface area contributed by atoms with E-state index in [2.05, 4.69) is 6.07 Å². The summed E-state index contributed by atoms with van der Waals surface area (Å²) in [5.74, 6) is 1.44. The van der Waals surface area contributed by atoms with Crippen molar-refractivity contribution in [3.05, 3.63) is 60.2 Å². The van der Waals surface area contributed by atoms with Crippen molar-refractivity contribution in [3.63, 3.8) is 0 Å². The molecule has 0 aliphatic heterocycles. The summed E-state index contributed by atoms with van der Waals surface area (Å²) in [6, 6.07) is 17.3. The van der Waals surface area contributed by atoms with Crippen LogP contribution in [0.4, 0.5) is 0 Å². The quantitative estimate of drug-likeness (QED) is 0.726. The number of ether oxygens (including phenoxy) is 1. The molecule has 2 aromatic carbocycles. The smallest absolute Gasteiger partial charge is 0.159 e. The minimum atomic E-state index is 0.0341. The Morgan fingerprint density at radius 1 is 1.12 bits per heavy atom. The maximum Gasteiger partial charge on any atom is 0.159 e. The molecule has 2 rings (SSSR count). The summed E-state index contributed by atoms with van der Waals surface area (Å²) in [4.78, 5) is 11.2. The molecule has 0 aliphatic rings. The van der Waals surface area contributed by atoms with Crippen LogP contribution in [0, 0.1) is 6.07 Å². The van der Waals surface area contributed by atoms with Crippen molar-refractivity contribution in [2.75, 3.05) is 0 Å². The second-order valence-electron chi connectivity index (χ2n) is 3.42. The molecule has 79 valence electrons. The monoisotopic (exact) mass is 211 g/mol. The summed E-state index contributed by atoms with van der Waals surface area (Å²) >= 11 is 0. The highest BCUT2D eigenvalue weighted by atomic mass is 16.5. The van der Waals surface area contributed by atoms with Gasteiger partial charge in [-0.05, 0) is 37.3 Å². The van der Waals surface area contributed by atoms with Crippen molar-refractivity contribution >= 4 is 5.78 Å². The normalized spacial score (nSPS) is 9.81. The average Bonchev–Trinajstić information content (AvgIpc) is 2.30. The van der Waals surface area contributed by atoms with Gasteiger partial charge in [-0.3, -0.25) is 4.79 Å². The van der Waals surface area contributed by atoms with E-state index in [0.717, 1.165) is 5.75 Å². The predicted molar refractivity (Wildman–Crippen MR) is 61.8 cm³/mol. The van der Waals surface area contributed by atoms with E-state index in [4.69, 9.17) is 4.74 Å². The number of carbonyl (C=O) groups excluding carboxylic acids is 1. The first-order valence-electron chi connectivity index (χ1n) is 5.01. The number of ketones is 1. The van der Waals surface area contributed by atoms with E-state index in [1.807, 2.05) is 18.2 Å². The summed E-state index contributed by atoms with van der Waals surface area (Å²) in [5.41, 5.74) is 0.653. The van der Waals surface area contributed by atoms with Crippen molar-refractivity contribution in [3.8, 4) is 11.5 Å². The van der Waals surface area contributed by atoms with E-state index in [9.17, 15) is 4.79 Å². The zero-order valence-electron chi connectivity index (χ0n) is 8.94. The van der Waals surface area contributed by atoms with Gasteiger partial charge in [-0.15, -0.1) is 0 Å². The molecule has 0 N–H and O–H groups in total. The van der Waals surface area contributed by atoms with Crippen molar-refractivity contribution in [1.29, 1.82) is 0 Å². The van der Waals surface area contributed by atoms with Crippen LogP contribution in [0.1, 0.15) is 17.3 Å². The van der Waals surface area contributed by atoms with Gasteiger partial charge in [0.05, 0.1) is 0 Å². The summed E-state index contributed by atoms with van der Waals surface area (Å²) in [7, 11) is 0. The molecule has 0 saturated heterocycles. The molecule has 0 aromatic heterocycles. The van der Waals surface area contributed by atoms with E-state index in [0.29, 0.717) is 11.3 Å². The fraction of sp³-hybridized carbons (Fsp3) is 0.0714. The topological polar surface area (TPSA) is 26.3 Å². The fourth-order valence-electron chi connectivity index (χ4n) is 1.35. The lowest BCUT2D eigenvalue weighted by Crippen LogP contribution is -1.92. The summed E-state index contributed by atoms with van der Waals surface area (Å²) in [5, 5.41) is 0. The van der Waals surface area contributed by atoms with E-state index in [-0.39, 0.29) is 5.78 Å². The maximum absolute atomic E-state index is 11.2. The van der Waals surface area contributed by atoms with Gasteiger partial charge in [-0.25, -0.2) is 0 Å². The highest BCUT2D eigenvalue weighted by molar-refractivity contribution is 5.94. The Morgan fingerprint density at radius 3 is 2.56 bits per heavy atom. The average molecular weight is 211 g/mol. The SMILES string of the molecule is CC(=O)c1cccc(Oc2cc[c]cc2)c1. The van der Waals surface area contributed by atoms with E-state index >= 15 is 0 Å². The zero-order chi connectivity index (χ0) is 11.4. The van der Waals surface area contributed by atoms with Gasteiger partial charge in [0, 0.05) is 5.56 Å². The third-order valence-corrected chi connectivity index (χ3v) is 2.16. The van der Waals surface area contributed by atoms with E-state index < -0.39 is 0 Å². The van der Waals surface area contributed by atoms with E-state index in [1.54, 1.807) is 30.3 Å². The minimum Gasteiger partial charge on any atom is -0.457 e. The second kappa shape index (κ2) is 4.62. The van der Waals surface area contributed by atoms with Crippen molar-refractivity contribution < 1.29 is 9.53 Å². The van der Waals surface area contributed by atoms with Gasteiger partial charge in [0.1, 0.15) is 11.5 Å². The lowest BCUT2D eigenvalue weighted by molar-refractivity contribution is 0.101. The molecular formula is C14H11O2. The first-order valence-corrected chi connectivity index (χ1v) is 5.01. The molecule has 0 atom stereocenters. The van der Waals surface area contributed by atoms with Crippen molar-refractivity contribution in [1.82, 2.24) is 0 Å². The fourth-order valence-corrected chi connectivity index (χ4v) is 1.35. The van der Waals surface area contributed by atoms with Gasteiger partial charge in [-0.2, -0.15) is 0 Å². The number of hydrogen-bond acceptors (Lipinski definition) is 2. The minimum absolute atomic E-state index is 0.0341. The molecule has 0 bridgehead atoms. The van der Waals surface area contributed by atoms with Gasteiger partial charge in [0.25, 0.3) is 0 Å². The third-order valence-electron chi connectivity index (χ3n) is 2.16. The number of rotatable bonds is 3. The summed E-state index contributed by atoms with van der Waals surface area (Å²) in [6.45, 7) is 1.54. The Hall–Kier alpha value is -2.09. The third kappa shape index (κ3) is 2.48. The van der Waals surface area contributed by atoms with Crippen LogP contribution in [0.15, 0.2) is 48.5 Å². The lowest BCUT2D eigenvalue weighted by atomic mass is 10.1. The number of benzene rings is 2. The molecule has 1 radical (unpaired) electrons. The van der Waals surface area contributed by atoms with E-state index in [1.165, 1.54) is 6.92 Å². The first kappa shape index (κ1) is 10.4. The molecule has 0 aliphatic carbocycles. The summed E-state index contributed by atoms with van der Waals surface area (Å²) < 4.78 is 5.60. The van der Waals surface area contributed by atoms with Crippen LogP contribution in [-0.4, -0.2) is 5.78 Å². The zero-order valence-corrected chi connectivity index (χ0v) is 8.94. The largest absolute Gasteiger partial charge is 0.457 e. The summed E-state index contributed by atoms with van der Waals surface area (Å²) in [6.07, 6.45) is 0. The molecule has 0 amide bonds. The van der Waals surface area contributed by atoms with Gasteiger partial charge >= 0.3 is 0 Å². The van der Waals surface area contributed by atoms with Crippen LogP contribution in [0.5, 0.6) is 11.5 Å². The van der Waals surface area contributed by atoms with Gasteiger partial charge in [0.2, 0.25) is 0 Å². The first-order chi connectivity index (χ1) is 7.75. The number of carbonyl (C=O) groups is 1. The Labute approximate surface area is 94.5 Å². The van der Waals surface area contributed by atoms with Gasteiger partial charge in [-0.1, -0.05) is 24.3 Å². The van der Waals surface area contributed by atoms with Crippen LogP contribution in [-0.2, 0) is 0 Å². The van der Waals surface area contributed by atoms with Gasteiger partial charge < -0.3 is 4.74 Å². The molecule has 0 fully saturated rings. The predicted octanol–water partition coefficient (Wildman–Crippen LogP) is 3.48. The van der Waals surface area contributed by atoms with Crippen LogP contribution in [0.2, 0.25) is 0 Å². The number of Topliss-reactive ketones (excluding diaryl/α,β-unsaturated/α-hetero) is 1. The van der Waals surface area contributed by atoms with Crippen LogP contribution in [0.3, 0.4) is 0 Å².